The number of rotatable bonds is 4. The van der Waals surface area contributed by atoms with Crippen molar-refractivity contribution in [3.63, 3.8) is 0 Å². The molecular formula is C10H13NO5. The van der Waals surface area contributed by atoms with Gasteiger partial charge in [-0.25, -0.2) is 4.79 Å². The van der Waals surface area contributed by atoms with Crippen LogP contribution in [0.4, 0.5) is 5.69 Å². The fourth-order valence-electron chi connectivity index (χ4n) is 1.37. The second-order valence-corrected chi connectivity index (χ2v) is 2.91. The van der Waals surface area contributed by atoms with Crippen LogP contribution in [0.1, 0.15) is 10.4 Å². The molecule has 16 heavy (non-hydrogen) atoms. The molecule has 0 heterocycles. The predicted molar refractivity (Wildman–Crippen MR) is 57.5 cm³/mol. The molecule has 6 nitrogen and oxygen atoms in total. The third kappa shape index (κ3) is 1.81. The molecule has 1 aromatic carbocycles. The highest BCUT2D eigenvalue weighted by Gasteiger charge is 2.23. The van der Waals surface area contributed by atoms with E-state index in [-0.39, 0.29) is 22.7 Å². The minimum atomic E-state index is -1.18. The van der Waals surface area contributed by atoms with E-state index < -0.39 is 5.97 Å². The van der Waals surface area contributed by atoms with E-state index in [0.717, 1.165) is 0 Å². The first-order valence-corrected chi connectivity index (χ1v) is 4.38. The summed E-state index contributed by atoms with van der Waals surface area (Å²) in [6.45, 7) is 0. The van der Waals surface area contributed by atoms with Gasteiger partial charge in [0.15, 0.2) is 5.75 Å². The van der Waals surface area contributed by atoms with Crippen LogP contribution in [0.3, 0.4) is 0 Å². The van der Waals surface area contributed by atoms with Gasteiger partial charge in [0.25, 0.3) is 0 Å². The maximum Gasteiger partial charge on any atom is 0.343 e. The Morgan fingerprint density at radius 1 is 1.19 bits per heavy atom. The molecule has 1 aromatic rings. The lowest BCUT2D eigenvalue weighted by Crippen LogP contribution is -2.07. The monoisotopic (exact) mass is 227 g/mol. The van der Waals surface area contributed by atoms with Gasteiger partial charge in [-0.2, -0.15) is 0 Å². The van der Waals surface area contributed by atoms with Crippen LogP contribution in [-0.2, 0) is 0 Å². The van der Waals surface area contributed by atoms with Crippen LogP contribution in [0, 0.1) is 0 Å². The molecule has 0 unspecified atom stereocenters. The second-order valence-electron chi connectivity index (χ2n) is 2.91. The Hall–Kier alpha value is -2.11. The second kappa shape index (κ2) is 4.61. The van der Waals surface area contributed by atoms with Gasteiger partial charge in [-0.3, -0.25) is 0 Å². The number of carbonyl (C=O) groups is 1. The summed E-state index contributed by atoms with van der Waals surface area (Å²) in [7, 11) is 4.11. The maximum atomic E-state index is 11.1. The smallest absolute Gasteiger partial charge is 0.343 e. The van der Waals surface area contributed by atoms with Crippen LogP contribution < -0.4 is 19.9 Å². The number of carboxylic acid groups (broad SMARTS) is 1. The fraction of sp³-hybridized carbons (Fsp3) is 0.300. The zero-order valence-corrected chi connectivity index (χ0v) is 9.23. The van der Waals surface area contributed by atoms with E-state index in [9.17, 15) is 4.79 Å². The Kier molecular flexibility index (Phi) is 3.44. The predicted octanol–water partition coefficient (Wildman–Crippen LogP) is 0.993. The Morgan fingerprint density at radius 3 is 2.12 bits per heavy atom. The number of hydrogen-bond donors (Lipinski definition) is 2. The topological polar surface area (TPSA) is 91.0 Å². The van der Waals surface area contributed by atoms with Crippen molar-refractivity contribution >= 4 is 11.7 Å². The average Bonchev–Trinajstić information content (AvgIpc) is 2.27. The van der Waals surface area contributed by atoms with E-state index in [0.29, 0.717) is 5.75 Å². The summed E-state index contributed by atoms with van der Waals surface area (Å²) in [5.74, 6) is -0.708. The van der Waals surface area contributed by atoms with Gasteiger partial charge in [-0.1, -0.05) is 0 Å². The van der Waals surface area contributed by atoms with Gasteiger partial charge in [0.1, 0.15) is 22.7 Å². The highest BCUT2D eigenvalue weighted by Crippen LogP contribution is 2.41. The van der Waals surface area contributed by atoms with Crippen molar-refractivity contribution in [2.24, 2.45) is 0 Å². The minimum absolute atomic E-state index is 0.0312. The molecular weight excluding hydrogens is 214 g/mol. The maximum absolute atomic E-state index is 11.1. The van der Waals surface area contributed by atoms with Gasteiger partial charge in [0.2, 0.25) is 0 Å². The molecule has 0 aliphatic carbocycles. The number of ether oxygens (including phenoxy) is 3. The van der Waals surface area contributed by atoms with Crippen molar-refractivity contribution in [3.05, 3.63) is 11.6 Å². The summed E-state index contributed by atoms with van der Waals surface area (Å²) in [4.78, 5) is 11.1. The summed E-state index contributed by atoms with van der Waals surface area (Å²) in [5.41, 5.74) is 5.70. The van der Waals surface area contributed by atoms with Gasteiger partial charge in [0, 0.05) is 6.07 Å². The average molecular weight is 227 g/mol. The zero-order valence-electron chi connectivity index (χ0n) is 9.23. The van der Waals surface area contributed by atoms with Gasteiger partial charge < -0.3 is 25.1 Å². The number of carboxylic acids is 1. The van der Waals surface area contributed by atoms with Crippen molar-refractivity contribution in [3.8, 4) is 17.2 Å². The molecule has 0 amide bonds. The summed E-state index contributed by atoms with van der Waals surface area (Å²) < 4.78 is 14.9. The Balaban J connectivity index is 3.57. The Bertz CT molecular complexity index is 416. The van der Waals surface area contributed by atoms with Crippen molar-refractivity contribution in [1.29, 1.82) is 0 Å². The first-order valence-electron chi connectivity index (χ1n) is 4.38. The third-order valence-electron chi connectivity index (χ3n) is 2.10. The lowest BCUT2D eigenvalue weighted by Gasteiger charge is -2.15. The number of aromatic carboxylic acids is 1. The quantitative estimate of drug-likeness (QED) is 0.745. The van der Waals surface area contributed by atoms with Crippen LogP contribution in [0.15, 0.2) is 6.07 Å². The molecule has 0 aliphatic rings. The number of nitrogens with two attached hydrogens (primary N) is 1. The minimum Gasteiger partial charge on any atom is -0.496 e. The number of methoxy groups -OCH3 is 3. The molecule has 0 saturated heterocycles. The molecule has 0 atom stereocenters. The highest BCUT2D eigenvalue weighted by molar-refractivity contribution is 5.97. The molecule has 0 fully saturated rings. The summed E-state index contributed by atoms with van der Waals surface area (Å²) in [5, 5.41) is 9.04. The molecule has 0 spiro atoms. The standard InChI is InChI=1S/C10H13NO5/c1-14-5-4-6(15-2)8(11)9(16-3)7(5)10(12)13/h4H,11H2,1-3H3,(H,12,13). The van der Waals surface area contributed by atoms with Crippen LogP contribution in [0.5, 0.6) is 17.2 Å². The largest absolute Gasteiger partial charge is 0.496 e. The Labute approximate surface area is 92.5 Å². The van der Waals surface area contributed by atoms with Crippen LogP contribution in [0.2, 0.25) is 0 Å². The van der Waals surface area contributed by atoms with Crippen molar-refractivity contribution in [1.82, 2.24) is 0 Å². The number of benzene rings is 1. The van der Waals surface area contributed by atoms with Crippen molar-refractivity contribution < 1.29 is 24.1 Å². The van der Waals surface area contributed by atoms with Gasteiger partial charge in [-0.15, -0.1) is 0 Å². The Morgan fingerprint density at radius 2 is 1.75 bits per heavy atom. The van der Waals surface area contributed by atoms with E-state index in [1.807, 2.05) is 0 Å². The lowest BCUT2D eigenvalue weighted by molar-refractivity contribution is 0.0689. The molecule has 0 radical (unpaired) electrons. The zero-order chi connectivity index (χ0) is 12.3. The molecule has 1 rings (SSSR count). The van der Waals surface area contributed by atoms with Gasteiger partial charge in [0.05, 0.1) is 21.3 Å². The van der Waals surface area contributed by atoms with Crippen LogP contribution >= 0.6 is 0 Å². The summed E-state index contributed by atoms with van der Waals surface area (Å²) in [6.07, 6.45) is 0. The van der Waals surface area contributed by atoms with E-state index in [1.165, 1.54) is 27.4 Å². The third-order valence-corrected chi connectivity index (χ3v) is 2.10. The molecule has 0 bridgehead atoms. The lowest BCUT2D eigenvalue weighted by atomic mass is 10.1. The molecule has 0 saturated carbocycles. The van der Waals surface area contributed by atoms with E-state index in [2.05, 4.69) is 0 Å². The van der Waals surface area contributed by atoms with Gasteiger partial charge >= 0.3 is 5.97 Å². The number of nitrogen functional groups attached to an aromatic ring is 1. The van der Waals surface area contributed by atoms with E-state index >= 15 is 0 Å². The van der Waals surface area contributed by atoms with Gasteiger partial charge in [-0.05, 0) is 0 Å². The summed E-state index contributed by atoms with van der Waals surface area (Å²) in [6, 6.07) is 1.40. The van der Waals surface area contributed by atoms with E-state index in [4.69, 9.17) is 25.1 Å². The molecule has 0 aromatic heterocycles. The fourth-order valence-corrected chi connectivity index (χ4v) is 1.37. The normalized spacial score (nSPS) is 9.69. The first kappa shape index (κ1) is 12.0. The van der Waals surface area contributed by atoms with Crippen molar-refractivity contribution in [2.45, 2.75) is 0 Å². The molecule has 88 valence electrons. The first-order chi connectivity index (χ1) is 7.56. The molecule has 3 N–H and O–H groups in total. The van der Waals surface area contributed by atoms with Crippen LogP contribution in [0.25, 0.3) is 0 Å². The highest BCUT2D eigenvalue weighted by atomic mass is 16.5. The van der Waals surface area contributed by atoms with E-state index in [1.54, 1.807) is 0 Å². The number of hydrogen-bond acceptors (Lipinski definition) is 5. The molecule has 6 heteroatoms. The molecule has 0 aliphatic heterocycles. The summed E-state index contributed by atoms with van der Waals surface area (Å²) >= 11 is 0. The SMILES string of the molecule is COc1cc(OC)c(C(=O)O)c(OC)c1N. The number of anilines is 1. The van der Waals surface area contributed by atoms with Crippen molar-refractivity contribution in [2.75, 3.05) is 27.1 Å². The van der Waals surface area contributed by atoms with Crippen LogP contribution in [-0.4, -0.2) is 32.4 Å².